The van der Waals surface area contributed by atoms with E-state index in [0.29, 0.717) is 24.5 Å². The summed E-state index contributed by atoms with van der Waals surface area (Å²) in [4.78, 5) is 14.1. The zero-order valence-electron chi connectivity index (χ0n) is 11.9. The molecule has 0 aliphatic carbocycles. The van der Waals surface area contributed by atoms with Crippen LogP contribution in [-0.4, -0.2) is 39.2 Å². The first-order chi connectivity index (χ1) is 8.87. The Bertz CT molecular complexity index is 473. The number of hydrogen-bond donors (Lipinski definition) is 2. The number of aromatic nitrogens is 1. The molecule has 1 aromatic heterocycles. The monoisotopic (exact) mass is 265 g/mol. The summed E-state index contributed by atoms with van der Waals surface area (Å²) >= 11 is 0. The Kier molecular flexibility index (Phi) is 3.58. The summed E-state index contributed by atoms with van der Waals surface area (Å²) in [5, 5.41) is 10.2. The number of aliphatic hydroxyl groups is 1. The maximum atomic E-state index is 12.4. The first kappa shape index (κ1) is 13.9. The smallest absolute Gasteiger partial charge is 0.270 e. The van der Waals surface area contributed by atoms with Gasteiger partial charge in [0.05, 0.1) is 18.8 Å². The van der Waals surface area contributed by atoms with Crippen molar-refractivity contribution in [2.75, 3.05) is 18.8 Å². The van der Waals surface area contributed by atoms with Gasteiger partial charge in [0.15, 0.2) is 0 Å². The first-order valence-electron chi connectivity index (χ1n) is 6.84. The third-order valence-corrected chi connectivity index (χ3v) is 3.89. The summed E-state index contributed by atoms with van der Waals surface area (Å²) in [6, 6.07) is 1.71. The summed E-state index contributed by atoms with van der Waals surface area (Å²) in [6.07, 6.45) is 2.75. The van der Waals surface area contributed by atoms with Gasteiger partial charge in [0, 0.05) is 12.7 Å². The van der Waals surface area contributed by atoms with Gasteiger partial charge in [0.25, 0.3) is 5.91 Å². The third kappa shape index (κ3) is 2.47. The fraction of sp³-hybridized carbons (Fsp3) is 0.643. The quantitative estimate of drug-likeness (QED) is 0.862. The molecule has 2 heterocycles. The van der Waals surface area contributed by atoms with E-state index in [1.807, 2.05) is 18.4 Å². The van der Waals surface area contributed by atoms with Crippen LogP contribution in [-0.2, 0) is 6.54 Å². The Morgan fingerprint density at radius 1 is 1.53 bits per heavy atom. The molecule has 1 fully saturated rings. The van der Waals surface area contributed by atoms with E-state index in [0.717, 1.165) is 13.0 Å². The average molecular weight is 265 g/mol. The van der Waals surface area contributed by atoms with Crippen LogP contribution < -0.4 is 5.73 Å². The number of carbonyl (C=O) groups excluding carboxylic acids is 1. The average Bonchev–Trinajstić information content (AvgIpc) is 2.65. The van der Waals surface area contributed by atoms with Crippen molar-refractivity contribution in [1.82, 2.24) is 9.47 Å². The van der Waals surface area contributed by atoms with Crippen molar-refractivity contribution < 1.29 is 9.90 Å². The van der Waals surface area contributed by atoms with Crippen LogP contribution in [0.3, 0.4) is 0 Å². The number of anilines is 1. The minimum absolute atomic E-state index is 0.0459. The Labute approximate surface area is 114 Å². The van der Waals surface area contributed by atoms with Crippen molar-refractivity contribution >= 4 is 11.6 Å². The van der Waals surface area contributed by atoms with Crippen LogP contribution in [0, 0.1) is 5.92 Å². The number of nitrogens with zero attached hydrogens (tertiary/aromatic N) is 2. The number of amides is 1. The van der Waals surface area contributed by atoms with Gasteiger partial charge >= 0.3 is 0 Å². The molecule has 1 saturated heterocycles. The van der Waals surface area contributed by atoms with Crippen molar-refractivity contribution in [2.24, 2.45) is 5.92 Å². The number of β-amino-alcohol motifs (C(OH)–C–C–N with tert-alkyl or cyclic N) is 1. The van der Waals surface area contributed by atoms with E-state index in [-0.39, 0.29) is 11.8 Å². The Balaban J connectivity index is 2.10. The first-order valence-corrected chi connectivity index (χ1v) is 6.84. The predicted octanol–water partition coefficient (Wildman–Crippen LogP) is 1.32. The Hall–Kier alpha value is -1.49. The highest BCUT2D eigenvalue weighted by Gasteiger charge is 2.46. The van der Waals surface area contributed by atoms with Gasteiger partial charge in [-0.25, -0.2) is 0 Å². The lowest BCUT2D eigenvalue weighted by atomic mass is 9.83. The molecule has 1 aliphatic heterocycles. The maximum Gasteiger partial charge on any atom is 0.270 e. The number of nitrogens with two attached hydrogens (primary N) is 1. The van der Waals surface area contributed by atoms with Crippen LogP contribution >= 0.6 is 0 Å². The molecule has 2 rings (SSSR count). The number of carbonyl (C=O) groups is 1. The number of likely N-dealkylation sites (tertiary alicyclic amines) is 1. The molecule has 19 heavy (non-hydrogen) atoms. The lowest BCUT2D eigenvalue weighted by molar-refractivity contribution is -0.111. The summed E-state index contributed by atoms with van der Waals surface area (Å²) in [5.74, 6) is 0.111. The van der Waals surface area contributed by atoms with Gasteiger partial charge in [-0.1, -0.05) is 20.8 Å². The van der Waals surface area contributed by atoms with Crippen molar-refractivity contribution in [2.45, 2.75) is 39.3 Å². The molecule has 0 spiro atoms. The molecule has 0 aromatic carbocycles. The summed E-state index contributed by atoms with van der Waals surface area (Å²) in [6.45, 7) is 7.59. The van der Waals surface area contributed by atoms with Gasteiger partial charge in [-0.3, -0.25) is 4.79 Å². The number of hydrogen-bond acceptors (Lipinski definition) is 3. The number of rotatable bonds is 4. The molecule has 5 nitrogen and oxygen atoms in total. The van der Waals surface area contributed by atoms with E-state index in [2.05, 4.69) is 6.92 Å². The van der Waals surface area contributed by atoms with Gasteiger partial charge in [-0.15, -0.1) is 0 Å². The van der Waals surface area contributed by atoms with E-state index >= 15 is 0 Å². The third-order valence-electron chi connectivity index (χ3n) is 3.89. The zero-order chi connectivity index (χ0) is 14.2. The topological polar surface area (TPSA) is 71.5 Å². The zero-order valence-corrected chi connectivity index (χ0v) is 11.9. The Morgan fingerprint density at radius 3 is 2.68 bits per heavy atom. The maximum absolute atomic E-state index is 12.4. The fourth-order valence-corrected chi connectivity index (χ4v) is 2.42. The minimum atomic E-state index is -0.733. The van der Waals surface area contributed by atoms with Gasteiger partial charge in [-0.2, -0.15) is 0 Å². The number of aryl methyl sites for hydroxylation is 1. The van der Waals surface area contributed by atoms with E-state index in [9.17, 15) is 9.90 Å². The molecule has 106 valence electrons. The standard InChI is InChI=1S/C14H23N3O2/c1-4-5-16-7-11(15)6-12(16)13(18)17-8-14(19,9-17)10(2)3/h6-7,10,19H,4-5,8-9,15H2,1-3H3. The van der Waals surface area contributed by atoms with E-state index in [1.54, 1.807) is 17.2 Å². The van der Waals surface area contributed by atoms with Crippen molar-refractivity contribution in [1.29, 1.82) is 0 Å². The molecule has 0 unspecified atom stereocenters. The van der Waals surface area contributed by atoms with E-state index in [1.165, 1.54) is 0 Å². The molecule has 1 aromatic rings. The highest BCUT2D eigenvalue weighted by Crippen LogP contribution is 2.30. The Morgan fingerprint density at radius 2 is 2.16 bits per heavy atom. The molecule has 5 heteroatoms. The van der Waals surface area contributed by atoms with Crippen LogP contribution in [0.4, 0.5) is 5.69 Å². The van der Waals surface area contributed by atoms with Gasteiger partial charge in [0.2, 0.25) is 0 Å². The highest BCUT2D eigenvalue weighted by atomic mass is 16.3. The summed E-state index contributed by atoms with van der Waals surface area (Å²) in [5.41, 5.74) is 6.26. The van der Waals surface area contributed by atoms with Gasteiger partial charge in [-0.05, 0) is 18.4 Å². The van der Waals surface area contributed by atoms with Crippen molar-refractivity contribution in [3.05, 3.63) is 18.0 Å². The normalized spacial score (nSPS) is 17.6. The molecule has 3 N–H and O–H groups in total. The molecule has 1 amide bonds. The van der Waals surface area contributed by atoms with Crippen LogP contribution in [0.5, 0.6) is 0 Å². The summed E-state index contributed by atoms with van der Waals surface area (Å²) in [7, 11) is 0. The molecule has 0 radical (unpaired) electrons. The lowest BCUT2D eigenvalue weighted by Gasteiger charge is -2.49. The van der Waals surface area contributed by atoms with Gasteiger partial charge < -0.3 is 20.3 Å². The van der Waals surface area contributed by atoms with Crippen LogP contribution in [0.1, 0.15) is 37.7 Å². The SMILES string of the molecule is CCCn1cc(N)cc1C(=O)N1CC(O)(C(C)C)C1. The molecular weight excluding hydrogens is 242 g/mol. The number of nitrogen functional groups attached to an aromatic ring is 1. The summed E-state index contributed by atoms with van der Waals surface area (Å²) < 4.78 is 1.89. The second-order valence-corrected chi connectivity index (χ2v) is 5.77. The van der Waals surface area contributed by atoms with Crippen LogP contribution in [0.25, 0.3) is 0 Å². The minimum Gasteiger partial charge on any atom is -0.397 e. The highest BCUT2D eigenvalue weighted by molar-refractivity contribution is 5.94. The fourth-order valence-electron chi connectivity index (χ4n) is 2.42. The van der Waals surface area contributed by atoms with Crippen LogP contribution in [0.2, 0.25) is 0 Å². The van der Waals surface area contributed by atoms with E-state index < -0.39 is 5.60 Å². The lowest BCUT2D eigenvalue weighted by Crippen LogP contribution is -2.66. The van der Waals surface area contributed by atoms with Crippen molar-refractivity contribution in [3.8, 4) is 0 Å². The second-order valence-electron chi connectivity index (χ2n) is 5.77. The molecular formula is C14H23N3O2. The van der Waals surface area contributed by atoms with E-state index in [4.69, 9.17) is 5.73 Å². The van der Waals surface area contributed by atoms with Crippen LogP contribution in [0.15, 0.2) is 12.3 Å². The second kappa shape index (κ2) is 4.89. The molecule has 0 saturated carbocycles. The van der Waals surface area contributed by atoms with Crippen molar-refractivity contribution in [3.63, 3.8) is 0 Å². The largest absolute Gasteiger partial charge is 0.397 e. The molecule has 0 bridgehead atoms. The predicted molar refractivity (Wildman–Crippen MR) is 74.8 cm³/mol. The molecule has 1 aliphatic rings. The molecule has 0 atom stereocenters. The van der Waals surface area contributed by atoms with Gasteiger partial charge in [0.1, 0.15) is 11.3 Å².